The number of carbonyl (C=O) groups excluding carboxylic acids is 1. The van der Waals surface area contributed by atoms with E-state index in [1.54, 1.807) is 23.6 Å². The van der Waals surface area contributed by atoms with E-state index in [1.807, 2.05) is 0 Å². The smallest absolute Gasteiger partial charge is 0.271 e. The molecule has 0 radical (unpaired) electrons. The highest BCUT2D eigenvalue weighted by Gasteiger charge is 2.14. The molecule has 0 saturated carbocycles. The van der Waals surface area contributed by atoms with Gasteiger partial charge in [0, 0.05) is 24.0 Å². The molecule has 0 fully saturated rings. The maximum absolute atomic E-state index is 13.7. The highest BCUT2D eigenvalue weighted by atomic mass is 32.1. The van der Waals surface area contributed by atoms with Gasteiger partial charge >= 0.3 is 0 Å². The Balaban J connectivity index is 1.67. The van der Waals surface area contributed by atoms with Gasteiger partial charge in [0.25, 0.3) is 5.91 Å². The Morgan fingerprint density at radius 1 is 1.41 bits per heavy atom. The summed E-state index contributed by atoms with van der Waals surface area (Å²) in [7, 11) is 0. The Morgan fingerprint density at radius 2 is 2.27 bits per heavy atom. The Kier molecular flexibility index (Phi) is 4.60. The molecular weight excluding hydrogens is 301 g/mol. The lowest BCUT2D eigenvalue weighted by atomic mass is 10.1. The van der Waals surface area contributed by atoms with E-state index in [0.717, 1.165) is 19.5 Å². The number of hydrogen-bond donors (Lipinski definition) is 2. The van der Waals surface area contributed by atoms with Gasteiger partial charge in [-0.1, -0.05) is 23.8 Å². The first-order chi connectivity index (χ1) is 10.7. The normalized spacial score (nSPS) is 14.5. The standard InChI is InChI=1S/C16H16FN3OS/c17-13-4-2-1-3-12(13)16-20-14(10-22-16)15(21)19-9-11-5-7-18-8-6-11/h1-5,10,18H,6-9H2,(H,19,21). The van der Waals surface area contributed by atoms with Crippen molar-refractivity contribution in [2.75, 3.05) is 19.6 Å². The second-order valence-corrected chi connectivity index (χ2v) is 5.88. The van der Waals surface area contributed by atoms with Crippen LogP contribution >= 0.6 is 11.3 Å². The monoisotopic (exact) mass is 317 g/mol. The molecule has 0 spiro atoms. The first kappa shape index (κ1) is 14.9. The van der Waals surface area contributed by atoms with Crippen molar-refractivity contribution in [2.45, 2.75) is 6.42 Å². The molecular formula is C16H16FN3OS. The van der Waals surface area contributed by atoms with Crippen molar-refractivity contribution in [1.29, 1.82) is 0 Å². The fraction of sp³-hybridized carbons (Fsp3) is 0.250. The molecule has 2 heterocycles. The van der Waals surface area contributed by atoms with Crippen LogP contribution in [0.2, 0.25) is 0 Å². The number of carbonyl (C=O) groups is 1. The molecule has 0 unspecified atom stereocenters. The fourth-order valence-electron chi connectivity index (χ4n) is 2.25. The van der Waals surface area contributed by atoms with E-state index in [2.05, 4.69) is 21.7 Å². The van der Waals surface area contributed by atoms with Crippen molar-refractivity contribution in [3.8, 4) is 10.6 Å². The molecule has 1 aromatic carbocycles. The zero-order valence-corrected chi connectivity index (χ0v) is 12.8. The minimum absolute atomic E-state index is 0.224. The molecule has 0 aliphatic carbocycles. The zero-order valence-electron chi connectivity index (χ0n) is 11.9. The third kappa shape index (κ3) is 3.40. The van der Waals surface area contributed by atoms with Crippen molar-refractivity contribution in [3.63, 3.8) is 0 Å². The van der Waals surface area contributed by atoms with Crippen molar-refractivity contribution >= 4 is 17.2 Å². The van der Waals surface area contributed by atoms with Crippen LogP contribution < -0.4 is 10.6 Å². The van der Waals surface area contributed by atoms with Gasteiger partial charge in [-0.25, -0.2) is 9.37 Å². The fourth-order valence-corrected chi connectivity index (χ4v) is 3.08. The van der Waals surface area contributed by atoms with E-state index in [0.29, 0.717) is 22.8 Å². The van der Waals surface area contributed by atoms with Gasteiger partial charge < -0.3 is 10.6 Å². The molecule has 2 aromatic rings. The van der Waals surface area contributed by atoms with Crippen LogP contribution in [-0.4, -0.2) is 30.5 Å². The lowest BCUT2D eigenvalue weighted by molar-refractivity contribution is 0.0952. The largest absolute Gasteiger partial charge is 0.347 e. The number of nitrogens with one attached hydrogen (secondary N) is 2. The third-order valence-corrected chi connectivity index (χ3v) is 4.35. The van der Waals surface area contributed by atoms with E-state index < -0.39 is 0 Å². The lowest BCUT2D eigenvalue weighted by Gasteiger charge is -2.14. The molecule has 0 atom stereocenters. The van der Waals surface area contributed by atoms with Crippen LogP contribution in [0.15, 0.2) is 41.3 Å². The van der Waals surface area contributed by atoms with Crippen LogP contribution in [0.25, 0.3) is 10.6 Å². The van der Waals surface area contributed by atoms with Crippen LogP contribution in [0.3, 0.4) is 0 Å². The van der Waals surface area contributed by atoms with Crippen LogP contribution in [-0.2, 0) is 0 Å². The first-order valence-electron chi connectivity index (χ1n) is 7.11. The SMILES string of the molecule is O=C(NCC1=CCNCC1)c1csc(-c2ccccc2F)n1. The van der Waals surface area contributed by atoms with Gasteiger partial charge in [-0.2, -0.15) is 0 Å². The van der Waals surface area contributed by atoms with Crippen molar-refractivity contribution < 1.29 is 9.18 Å². The minimum Gasteiger partial charge on any atom is -0.347 e. The molecule has 114 valence electrons. The van der Waals surface area contributed by atoms with E-state index in [1.165, 1.54) is 23.0 Å². The summed E-state index contributed by atoms with van der Waals surface area (Å²) in [6.45, 7) is 2.32. The number of amides is 1. The molecule has 0 bridgehead atoms. The van der Waals surface area contributed by atoms with Crippen LogP contribution in [0.5, 0.6) is 0 Å². The summed E-state index contributed by atoms with van der Waals surface area (Å²) in [5.74, 6) is -0.554. The molecule has 1 amide bonds. The third-order valence-electron chi connectivity index (χ3n) is 3.48. The topological polar surface area (TPSA) is 54.0 Å². The van der Waals surface area contributed by atoms with Crippen molar-refractivity contribution in [3.05, 3.63) is 52.8 Å². The number of rotatable bonds is 4. The van der Waals surface area contributed by atoms with E-state index in [-0.39, 0.29) is 11.7 Å². The van der Waals surface area contributed by atoms with E-state index >= 15 is 0 Å². The summed E-state index contributed by atoms with van der Waals surface area (Å²) in [6, 6.07) is 6.44. The summed E-state index contributed by atoms with van der Waals surface area (Å²) < 4.78 is 13.7. The molecule has 3 rings (SSSR count). The molecule has 0 saturated heterocycles. The minimum atomic E-state index is -0.330. The number of thiazole rings is 1. The predicted octanol–water partition coefficient (Wildman–Crippen LogP) is 2.60. The lowest BCUT2D eigenvalue weighted by Crippen LogP contribution is -2.29. The number of halogens is 1. The second kappa shape index (κ2) is 6.81. The summed E-state index contributed by atoms with van der Waals surface area (Å²) in [5.41, 5.74) is 1.97. The van der Waals surface area contributed by atoms with Gasteiger partial charge in [0.15, 0.2) is 0 Å². The van der Waals surface area contributed by atoms with Gasteiger partial charge in [0.1, 0.15) is 16.5 Å². The number of nitrogens with zero attached hydrogens (tertiary/aromatic N) is 1. The summed E-state index contributed by atoms with van der Waals surface area (Å²) in [4.78, 5) is 16.4. The average molecular weight is 317 g/mol. The Morgan fingerprint density at radius 3 is 3.05 bits per heavy atom. The number of hydrogen-bond acceptors (Lipinski definition) is 4. The molecule has 1 aromatic heterocycles. The molecule has 2 N–H and O–H groups in total. The van der Waals surface area contributed by atoms with E-state index in [9.17, 15) is 9.18 Å². The second-order valence-electron chi connectivity index (χ2n) is 5.02. The Labute approximate surface area is 132 Å². The molecule has 1 aliphatic rings. The summed E-state index contributed by atoms with van der Waals surface area (Å²) in [5, 5.41) is 8.27. The maximum atomic E-state index is 13.7. The predicted molar refractivity (Wildman–Crippen MR) is 85.4 cm³/mol. The van der Waals surface area contributed by atoms with Gasteiger partial charge in [0.2, 0.25) is 0 Å². The molecule has 22 heavy (non-hydrogen) atoms. The van der Waals surface area contributed by atoms with Gasteiger partial charge in [-0.05, 0) is 25.1 Å². The molecule has 1 aliphatic heterocycles. The van der Waals surface area contributed by atoms with Gasteiger partial charge in [-0.15, -0.1) is 11.3 Å². The summed E-state index contributed by atoms with van der Waals surface area (Å²) >= 11 is 1.27. The van der Waals surface area contributed by atoms with Gasteiger partial charge in [0.05, 0.1) is 0 Å². The number of benzene rings is 1. The quantitative estimate of drug-likeness (QED) is 0.852. The molecule has 6 heteroatoms. The Bertz CT molecular complexity index is 711. The summed E-state index contributed by atoms with van der Waals surface area (Å²) in [6.07, 6.45) is 3.04. The highest BCUT2D eigenvalue weighted by molar-refractivity contribution is 7.13. The first-order valence-corrected chi connectivity index (χ1v) is 7.99. The van der Waals surface area contributed by atoms with E-state index in [4.69, 9.17) is 0 Å². The van der Waals surface area contributed by atoms with Crippen molar-refractivity contribution in [2.24, 2.45) is 0 Å². The van der Waals surface area contributed by atoms with Gasteiger partial charge in [-0.3, -0.25) is 4.79 Å². The van der Waals surface area contributed by atoms with Crippen LogP contribution in [0.1, 0.15) is 16.9 Å². The van der Waals surface area contributed by atoms with Crippen molar-refractivity contribution in [1.82, 2.24) is 15.6 Å². The zero-order chi connectivity index (χ0) is 15.4. The molecule has 4 nitrogen and oxygen atoms in total. The van der Waals surface area contributed by atoms with Crippen LogP contribution in [0, 0.1) is 5.82 Å². The maximum Gasteiger partial charge on any atom is 0.271 e. The highest BCUT2D eigenvalue weighted by Crippen LogP contribution is 2.26. The van der Waals surface area contributed by atoms with Crippen LogP contribution in [0.4, 0.5) is 4.39 Å². The number of aromatic nitrogens is 1. The Hall–Kier alpha value is -2.05. The average Bonchev–Trinajstić information content (AvgIpc) is 3.04.